The minimum absolute atomic E-state index is 0.0433. The van der Waals surface area contributed by atoms with Crippen molar-refractivity contribution in [1.29, 1.82) is 0 Å². The Kier molecular flexibility index (Phi) is 12.4. The van der Waals surface area contributed by atoms with Crippen molar-refractivity contribution in [3.8, 4) is 5.75 Å². The first-order valence-corrected chi connectivity index (χ1v) is 19.8. The van der Waals surface area contributed by atoms with Crippen LogP contribution in [0.15, 0.2) is 71.9 Å². The standard InChI is InChI=1S/C48H56N2O5/c1-10-12-15-35(11-2)27-50-44-21-18-36(46(49-55-34(8)51)38-20-19-37(24-30(38)4)54-33(7)28-53-9)25-41(44)42-26-43(39-16-13-14-17-40(39)47(42)50)48(52)45-31(5)22-29(3)23-32(45)6/h13-14,16-24,26,33,35-36H,10-12,15,25,27-28H2,1-9H3/b49-46+/t33?,35?,36-/m0/s1. The lowest BCUT2D eigenvalue weighted by Crippen LogP contribution is -2.22. The van der Waals surface area contributed by atoms with Crippen LogP contribution in [0.25, 0.3) is 27.8 Å². The Morgan fingerprint density at radius 3 is 2.29 bits per heavy atom. The summed E-state index contributed by atoms with van der Waals surface area (Å²) >= 11 is 0. The molecular weight excluding hydrogens is 685 g/mol. The van der Waals surface area contributed by atoms with E-state index in [1.165, 1.54) is 18.9 Å². The van der Waals surface area contributed by atoms with Crippen LogP contribution < -0.4 is 4.74 Å². The van der Waals surface area contributed by atoms with Crippen LogP contribution in [0.2, 0.25) is 0 Å². The van der Waals surface area contributed by atoms with Crippen LogP contribution in [0.3, 0.4) is 0 Å². The number of oxime groups is 1. The summed E-state index contributed by atoms with van der Waals surface area (Å²) in [6, 6.07) is 20.7. The van der Waals surface area contributed by atoms with Crippen LogP contribution in [0.4, 0.5) is 0 Å². The van der Waals surface area contributed by atoms with E-state index in [1.807, 2.05) is 52.0 Å². The number of nitrogens with zero attached hydrogens (tertiary/aromatic N) is 2. The molecule has 1 aliphatic rings. The zero-order valence-corrected chi connectivity index (χ0v) is 34.0. The van der Waals surface area contributed by atoms with E-state index < -0.39 is 5.97 Å². The summed E-state index contributed by atoms with van der Waals surface area (Å²) in [5.74, 6) is 0.619. The summed E-state index contributed by atoms with van der Waals surface area (Å²) in [4.78, 5) is 32.3. The molecule has 1 heterocycles. The molecule has 0 fully saturated rings. The van der Waals surface area contributed by atoms with Crippen molar-refractivity contribution in [2.24, 2.45) is 17.0 Å². The molecule has 55 heavy (non-hydrogen) atoms. The molecule has 0 aliphatic heterocycles. The van der Waals surface area contributed by atoms with Crippen LogP contribution >= 0.6 is 0 Å². The van der Waals surface area contributed by atoms with E-state index in [-0.39, 0.29) is 17.8 Å². The van der Waals surface area contributed by atoms with Crippen molar-refractivity contribution in [2.75, 3.05) is 13.7 Å². The molecular formula is C48H56N2O5. The third-order valence-corrected chi connectivity index (χ3v) is 11.1. The summed E-state index contributed by atoms with van der Waals surface area (Å²) < 4.78 is 13.9. The Labute approximate surface area is 326 Å². The Balaban J connectivity index is 1.54. The van der Waals surface area contributed by atoms with Crippen LogP contribution in [-0.2, 0) is 27.3 Å². The summed E-state index contributed by atoms with van der Waals surface area (Å²) in [5, 5.41) is 7.64. The fraction of sp³-hybridized carbons (Fsp3) is 0.396. The molecule has 0 saturated heterocycles. The lowest BCUT2D eigenvalue weighted by molar-refractivity contribution is -0.140. The van der Waals surface area contributed by atoms with E-state index >= 15 is 0 Å². The number of allylic oxidation sites excluding steroid dienone is 1. The topological polar surface area (TPSA) is 79.1 Å². The fourth-order valence-electron chi connectivity index (χ4n) is 8.54. The van der Waals surface area contributed by atoms with Crippen molar-refractivity contribution in [1.82, 2.24) is 4.57 Å². The molecule has 5 aromatic rings. The van der Waals surface area contributed by atoms with Crippen LogP contribution in [0.1, 0.15) is 108 Å². The molecule has 0 spiro atoms. The highest BCUT2D eigenvalue weighted by Crippen LogP contribution is 2.41. The largest absolute Gasteiger partial charge is 0.488 e. The normalized spacial score (nSPS) is 15.3. The number of carbonyl (C=O) groups excluding carboxylic acids is 2. The number of benzene rings is 4. The minimum Gasteiger partial charge on any atom is -0.488 e. The van der Waals surface area contributed by atoms with Gasteiger partial charge in [-0.3, -0.25) is 4.79 Å². The van der Waals surface area contributed by atoms with Gasteiger partial charge in [0.05, 0.1) is 17.8 Å². The highest BCUT2D eigenvalue weighted by atomic mass is 16.7. The van der Waals surface area contributed by atoms with Gasteiger partial charge in [-0.05, 0) is 111 Å². The molecule has 1 aromatic heterocycles. The first kappa shape index (κ1) is 39.7. The molecule has 2 unspecified atom stereocenters. The lowest BCUT2D eigenvalue weighted by Gasteiger charge is -2.23. The van der Waals surface area contributed by atoms with E-state index in [0.717, 1.165) is 92.3 Å². The second-order valence-electron chi connectivity index (χ2n) is 15.4. The predicted octanol–water partition coefficient (Wildman–Crippen LogP) is 11.0. The molecule has 6 rings (SSSR count). The first-order chi connectivity index (χ1) is 26.4. The maximum absolute atomic E-state index is 14.7. The molecule has 3 atom stereocenters. The molecule has 0 saturated carbocycles. The summed E-state index contributed by atoms with van der Waals surface area (Å²) in [7, 11) is 1.66. The van der Waals surface area contributed by atoms with Crippen molar-refractivity contribution in [2.45, 2.75) is 100 Å². The van der Waals surface area contributed by atoms with Crippen LogP contribution in [0.5, 0.6) is 5.75 Å². The molecule has 1 aliphatic carbocycles. The average molecular weight is 741 g/mol. The van der Waals surface area contributed by atoms with E-state index in [2.05, 4.69) is 79.0 Å². The molecule has 0 N–H and O–H groups in total. The van der Waals surface area contributed by atoms with Gasteiger partial charge in [-0.2, -0.15) is 0 Å². The Morgan fingerprint density at radius 2 is 1.64 bits per heavy atom. The quantitative estimate of drug-likeness (QED) is 0.0462. The summed E-state index contributed by atoms with van der Waals surface area (Å²) in [6.07, 6.45) is 9.55. The van der Waals surface area contributed by atoms with Gasteiger partial charge in [0.15, 0.2) is 5.78 Å². The van der Waals surface area contributed by atoms with Gasteiger partial charge in [0, 0.05) is 59.7 Å². The summed E-state index contributed by atoms with van der Waals surface area (Å²) in [6.45, 7) is 17.4. The van der Waals surface area contributed by atoms with Gasteiger partial charge < -0.3 is 18.9 Å². The molecule has 0 amide bonds. The van der Waals surface area contributed by atoms with E-state index in [0.29, 0.717) is 30.2 Å². The molecule has 0 radical (unpaired) electrons. The Bertz CT molecular complexity index is 2270. The smallest absolute Gasteiger partial charge is 0.331 e. The number of aromatic nitrogens is 1. The monoisotopic (exact) mass is 740 g/mol. The highest BCUT2D eigenvalue weighted by Gasteiger charge is 2.30. The zero-order valence-electron chi connectivity index (χ0n) is 34.0. The number of unbranched alkanes of at least 4 members (excludes halogenated alkanes) is 1. The number of methoxy groups -OCH3 is 1. The van der Waals surface area contributed by atoms with Crippen molar-refractivity contribution in [3.05, 3.63) is 117 Å². The van der Waals surface area contributed by atoms with E-state index in [9.17, 15) is 9.59 Å². The Morgan fingerprint density at radius 1 is 0.909 bits per heavy atom. The van der Waals surface area contributed by atoms with E-state index in [4.69, 9.17) is 14.3 Å². The number of rotatable bonds is 15. The van der Waals surface area contributed by atoms with Gasteiger partial charge >= 0.3 is 5.97 Å². The third-order valence-electron chi connectivity index (χ3n) is 11.1. The maximum atomic E-state index is 14.7. The Hall–Kier alpha value is -5.01. The molecule has 288 valence electrons. The van der Waals surface area contributed by atoms with Crippen LogP contribution in [-0.4, -0.2) is 41.9 Å². The van der Waals surface area contributed by atoms with Gasteiger partial charge in [-0.15, -0.1) is 0 Å². The second-order valence-corrected chi connectivity index (χ2v) is 15.4. The van der Waals surface area contributed by atoms with Crippen molar-refractivity contribution < 1.29 is 23.9 Å². The fourth-order valence-corrected chi connectivity index (χ4v) is 8.54. The summed E-state index contributed by atoms with van der Waals surface area (Å²) in [5.41, 5.74) is 10.6. The number of fused-ring (bicyclic) bond motifs is 5. The number of hydrogen-bond acceptors (Lipinski definition) is 6. The second kappa shape index (κ2) is 17.2. The number of aryl methyl sites for hydroxylation is 4. The van der Waals surface area contributed by atoms with E-state index in [1.54, 1.807) is 7.11 Å². The van der Waals surface area contributed by atoms with Gasteiger partial charge in [0.1, 0.15) is 11.9 Å². The maximum Gasteiger partial charge on any atom is 0.331 e. The highest BCUT2D eigenvalue weighted by molar-refractivity contribution is 6.23. The van der Waals surface area contributed by atoms with Gasteiger partial charge in [0.2, 0.25) is 0 Å². The predicted molar refractivity (Wildman–Crippen MR) is 225 cm³/mol. The van der Waals surface area contributed by atoms with Gasteiger partial charge in [-0.1, -0.05) is 86.3 Å². The number of ether oxygens (including phenoxy) is 2. The van der Waals surface area contributed by atoms with Crippen molar-refractivity contribution in [3.63, 3.8) is 0 Å². The third kappa shape index (κ3) is 8.33. The SMILES string of the molecule is CCCCC(CC)Cn1c2c(c3cc(C(=O)c4c(C)cc(C)cc4C)c4ccccc4c31)C[C@@H](/C(=N\OC(C)=O)c1ccc(OC(C)COC)cc1C)C=C2. The average Bonchev–Trinajstić information content (AvgIpc) is 3.45. The van der Waals surface area contributed by atoms with Gasteiger partial charge in [0.25, 0.3) is 0 Å². The van der Waals surface area contributed by atoms with Gasteiger partial charge in [-0.25, -0.2) is 4.79 Å². The van der Waals surface area contributed by atoms with Crippen molar-refractivity contribution >= 4 is 45.2 Å². The minimum atomic E-state index is -0.477. The molecule has 7 nitrogen and oxygen atoms in total. The zero-order chi connectivity index (χ0) is 39.4. The van der Waals surface area contributed by atoms with Crippen LogP contribution in [0, 0.1) is 39.5 Å². The number of ketones is 1. The number of hydrogen-bond donors (Lipinski definition) is 0. The molecule has 7 heteroatoms. The lowest BCUT2D eigenvalue weighted by atomic mass is 9.83. The number of carbonyl (C=O) groups is 2. The molecule has 0 bridgehead atoms. The first-order valence-electron chi connectivity index (χ1n) is 19.8. The molecule has 4 aromatic carbocycles.